The van der Waals surface area contributed by atoms with Crippen molar-refractivity contribution < 1.29 is 4.39 Å². The summed E-state index contributed by atoms with van der Waals surface area (Å²) in [6.07, 6.45) is 0. The highest BCUT2D eigenvalue weighted by atomic mass is 19.1. The summed E-state index contributed by atoms with van der Waals surface area (Å²) in [6, 6.07) is 16.4. The van der Waals surface area contributed by atoms with Gasteiger partial charge in [-0.25, -0.2) is 4.39 Å². The average molecular weight is 284 g/mol. The topological polar surface area (TPSA) is 15.3 Å². The van der Waals surface area contributed by atoms with E-state index >= 15 is 0 Å². The van der Waals surface area contributed by atoms with E-state index in [0.717, 1.165) is 24.3 Å². The lowest BCUT2D eigenvalue weighted by Gasteiger charge is -2.42. The molecular formula is C18H21FN2. The molecule has 0 saturated carbocycles. The Morgan fingerprint density at radius 2 is 1.86 bits per heavy atom. The zero-order valence-electron chi connectivity index (χ0n) is 12.5. The van der Waals surface area contributed by atoms with Crippen molar-refractivity contribution >= 4 is 5.69 Å². The first-order valence-electron chi connectivity index (χ1n) is 7.47. The van der Waals surface area contributed by atoms with Gasteiger partial charge in [-0.05, 0) is 31.5 Å². The van der Waals surface area contributed by atoms with Gasteiger partial charge in [0.2, 0.25) is 0 Å². The molecule has 0 aliphatic carbocycles. The van der Waals surface area contributed by atoms with Crippen LogP contribution in [0.1, 0.15) is 24.1 Å². The summed E-state index contributed by atoms with van der Waals surface area (Å²) in [4.78, 5) is 2.33. The Hall–Kier alpha value is -1.87. The number of halogens is 1. The molecule has 2 unspecified atom stereocenters. The number of nitrogens with zero attached hydrogens (tertiary/aromatic N) is 1. The second-order valence-electron chi connectivity index (χ2n) is 5.77. The number of nitrogens with one attached hydrogen (secondary N) is 1. The zero-order chi connectivity index (χ0) is 14.8. The Balaban J connectivity index is 2.01. The van der Waals surface area contributed by atoms with Crippen LogP contribution in [-0.2, 0) is 0 Å². The zero-order valence-corrected chi connectivity index (χ0v) is 12.5. The SMILES string of the molecule is Cc1c(F)cccc1N1CC(C)NCC1c1ccccc1. The van der Waals surface area contributed by atoms with Gasteiger partial charge in [0, 0.05) is 30.4 Å². The van der Waals surface area contributed by atoms with Crippen molar-refractivity contribution in [2.24, 2.45) is 0 Å². The molecule has 0 amide bonds. The molecule has 2 aromatic carbocycles. The molecule has 3 rings (SSSR count). The summed E-state index contributed by atoms with van der Waals surface area (Å²) in [5, 5.41) is 3.53. The van der Waals surface area contributed by atoms with E-state index in [1.807, 2.05) is 19.1 Å². The molecule has 1 fully saturated rings. The first-order valence-corrected chi connectivity index (χ1v) is 7.47. The number of rotatable bonds is 2. The Labute approximate surface area is 125 Å². The third-order valence-corrected chi connectivity index (χ3v) is 4.24. The maximum absolute atomic E-state index is 13.9. The predicted octanol–water partition coefficient (Wildman–Crippen LogP) is 3.67. The predicted molar refractivity (Wildman–Crippen MR) is 85.1 cm³/mol. The summed E-state index contributed by atoms with van der Waals surface area (Å²) < 4.78 is 13.9. The number of anilines is 1. The molecule has 2 aromatic rings. The minimum Gasteiger partial charge on any atom is -0.361 e. The van der Waals surface area contributed by atoms with E-state index < -0.39 is 0 Å². The van der Waals surface area contributed by atoms with Gasteiger partial charge >= 0.3 is 0 Å². The molecule has 0 bridgehead atoms. The van der Waals surface area contributed by atoms with Crippen LogP contribution in [0.2, 0.25) is 0 Å². The van der Waals surface area contributed by atoms with Crippen LogP contribution >= 0.6 is 0 Å². The monoisotopic (exact) mass is 284 g/mol. The highest BCUT2D eigenvalue weighted by Crippen LogP contribution is 2.32. The quantitative estimate of drug-likeness (QED) is 0.905. The highest BCUT2D eigenvalue weighted by Gasteiger charge is 2.28. The van der Waals surface area contributed by atoms with E-state index in [1.165, 1.54) is 11.6 Å². The molecule has 1 heterocycles. The molecule has 1 aliphatic rings. The largest absolute Gasteiger partial charge is 0.361 e. The van der Waals surface area contributed by atoms with Gasteiger partial charge in [0.25, 0.3) is 0 Å². The normalized spacial score (nSPS) is 22.3. The highest BCUT2D eigenvalue weighted by molar-refractivity contribution is 5.56. The molecule has 21 heavy (non-hydrogen) atoms. The van der Waals surface area contributed by atoms with Gasteiger partial charge in [0.15, 0.2) is 0 Å². The lowest BCUT2D eigenvalue weighted by Crippen LogP contribution is -2.51. The van der Waals surface area contributed by atoms with Crippen LogP contribution in [0.25, 0.3) is 0 Å². The molecule has 0 aromatic heterocycles. The molecular weight excluding hydrogens is 263 g/mol. The molecule has 2 nitrogen and oxygen atoms in total. The van der Waals surface area contributed by atoms with Gasteiger partial charge < -0.3 is 10.2 Å². The van der Waals surface area contributed by atoms with Crippen molar-refractivity contribution in [3.63, 3.8) is 0 Å². The van der Waals surface area contributed by atoms with E-state index in [1.54, 1.807) is 6.07 Å². The van der Waals surface area contributed by atoms with Crippen LogP contribution in [0.4, 0.5) is 10.1 Å². The van der Waals surface area contributed by atoms with Crippen LogP contribution in [0.15, 0.2) is 48.5 Å². The lowest BCUT2D eigenvalue weighted by molar-refractivity contribution is 0.415. The molecule has 0 spiro atoms. The van der Waals surface area contributed by atoms with Crippen molar-refractivity contribution in [3.05, 3.63) is 65.5 Å². The Bertz CT molecular complexity index is 612. The minimum absolute atomic E-state index is 0.134. The molecule has 2 atom stereocenters. The fraction of sp³-hybridized carbons (Fsp3) is 0.333. The van der Waals surface area contributed by atoms with E-state index in [0.29, 0.717) is 6.04 Å². The smallest absolute Gasteiger partial charge is 0.128 e. The van der Waals surface area contributed by atoms with Crippen LogP contribution in [0.3, 0.4) is 0 Å². The van der Waals surface area contributed by atoms with Gasteiger partial charge in [-0.1, -0.05) is 36.4 Å². The molecule has 1 N–H and O–H groups in total. The van der Waals surface area contributed by atoms with E-state index in [-0.39, 0.29) is 11.9 Å². The van der Waals surface area contributed by atoms with Crippen LogP contribution in [0.5, 0.6) is 0 Å². The standard InChI is InChI=1S/C18H21FN2/c1-13-12-21(17-10-6-9-16(19)14(17)2)18(11-20-13)15-7-4-3-5-8-15/h3-10,13,18,20H,11-12H2,1-2H3. The van der Waals surface area contributed by atoms with Crippen LogP contribution in [0, 0.1) is 12.7 Å². The minimum atomic E-state index is -0.134. The van der Waals surface area contributed by atoms with Gasteiger partial charge in [0.05, 0.1) is 6.04 Å². The Morgan fingerprint density at radius 3 is 2.62 bits per heavy atom. The number of hydrogen-bond donors (Lipinski definition) is 1. The Kier molecular flexibility index (Phi) is 3.93. The van der Waals surface area contributed by atoms with E-state index in [4.69, 9.17) is 0 Å². The van der Waals surface area contributed by atoms with Gasteiger partial charge in [-0.15, -0.1) is 0 Å². The van der Waals surface area contributed by atoms with Crippen molar-refractivity contribution in [1.82, 2.24) is 5.32 Å². The third-order valence-electron chi connectivity index (χ3n) is 4.24. The first-order chi connectivity index (χ1) is 10.2. The van der Waals surface area contributed by atoms with Gasteiger partial charge in [0.1, 0.15) is 5.82 Å². The summed E-state index contributed by atoms with van der Waals surface area (Å²) >= 11 is 0. The first kappa shape index (κ1) is 14.1. The molecule has 0 radical (unpaired) electrons. The average Bonchev–Trinajstić information content (AvgIpc) is 2.51. The molecule has 1 saturated heterocycles. The Morgan fingerprint density at radius 1 is 1.10 bits per heavy atom. The van der Waals surface area contributed by atoms with Crippen molar-refractivity contribution in [1.29, 1.82) is 0 Å². The summed E-state index contributed by atoms with van der Waals surface area (Å²) in [7, 11) is 0. The fourth-order valence-electron chi connectivity index (χ4n) is 3.06. The summed E-state index contributed by atoms with van der Waals surface area (Å²) in [5.74, 6) is -0.134. The van der Waals surface area contributed by atoms with Crippen molar-refractivity contribution in [2.45, 2.75) is 25.9 Å². The lowest BCUT2D eigenvalue weighted by atomic mass is 9.99. The van der Waals surface area contributed by atoms with E-state index in [9.17, 15) is 4.39 Å². The second-order valence-corrected chi connectivity index (χ2v) is 5.77. The third kappa shape index (κ3) is 2.79. The maximum atomic E-state index is 13.9. The fourth-order valence-corrected chi connectivity index (χ4v) is 3.06. The second kappa shape index (κ2) is 5.86. The number of hydrogen-bond acceptors (Lipinski definition) is 2. The summed E-state index contributed by atoms with van der Waals surface area (Å²) in [6.45, 7) is 5.78. The molecule has 3 heteroatoms. The maximum Gasteiger partial charge on any atom is 0.128 e. The van der Waals surface area contributed by atoms with Crippen molar-refractivity contribution in [2.75, 3.05) is 18.0 Å². The molecule has 1 aliphatic heterocycles. The number of piperazine rings is 1. The molecule has 110 valence electrons. The van der Waals surface area contributed by atoms with Crippen LogP contribution < -0.4 is 10.2 Å². The number of benzene rings is 2. The van der Waals surface area contributed by atoms with Crippen LogP contribution in [-0.4, -0.2) is 19.1 Å². The van der Waals surface area contributed by atoms with Crippen molar-refractivity contribution in [3.8, 4) is 0 Å². The van der Waals surface area contributed by atoms with Gasteiger partial charge in [-0.2, -0.15) is 0 Å². The van der Waals surface area contributed by atoms with E-state index in [2.05, 4.69) is 41.4 Å². The van der Waals surface area contributed by atoms with Gasteiger partial charge in [-0.3, -0.25) is 0 Å². The summed E-state index contributed by atoms with van der Waals surface area (Å²) in [5.41, 5.74) is 2.99.